The maximum atomic E-state index is 12.8. The summed E-state index contributed by atoms with van der Waals surface area (Å²) in [6.45, 7) is 1.07. The Hall–Kier alpha value is -1.68. The van der Waals surface area contributed by atoms with Gasteiger partial charge in [0.15, 0.2) is 0 Å². The van der Waals surface area contributed by atoms with Gasteiger partial charge in [0.2, 0.25) is 0 Å². The fourth-order valence-electron chi connectivity index (χ4n) is 2.23. The van der Waals surface area contributed by atoms with E-state index >= 15 is 0 Å². The first-order valence-corrected chi connectivity index (χ1v) is 5.87. The third kappa shape index (κ3) is 2.08. The Balaban J connectivity index is 1.86. The fraction of sp³-hybridized carbons (Fsp3) is 0.308. The topological polar surface area (TPSA) is 40.7 Å². The van der Waals surface area contributed by atoms with E-state index in [0.29, 0.717) is 6.04 Å². The second kappa shape index (κ2) is 4.30. The van der Waals surface area contributed by atoms with Gasteiger partial charge in [0.25, 0.3) is 0 Å². The number of halogens is 1. The molecule has 1 aromatic carbocycles. The molecular weight excluding hydrogens is 217 g/mol. The van der Waals surface area contributed by atoms with Crippen LogP contribution in [0.2, 0.25) is 0 Å². The molecule has 0 amide bonds. The highest BCUT2D eigenvalue weighted by Gasteiger charge is 2.18. The predicted octanol–water partition coefficient (Wildman–Crippen LogP) is 2.64. The monoisotopic (exact) mass is 231 g/mol. The maximum absolute atomic E-state index is 12.8. The Bertz CT molecular complexity index is 498. The van der Waals surface area contributed by atoms with Crippen molar-refractivity contribution < 1.29 is 4.39 Å². The Morgan fingerprint density at radius 3 is 2.76 bits per heavy atom. The zero-order valence-electron chi connectivity index (χ0n) is 9.41. The van der Waals surface area contributed by atoms with Crippen LogP contribution in [-0.2, 0) is 0 Å². The zero-order valence-corrected chi connectivity index (χ0v) is 9.41. The van der Waals surface area contributed by atoms with Gasteiger partial charge in [0.1, 0.15) is 5.82 Å². The predicted molar refractivity (Wildman–Crippen MR) is 64.0 cm³/mol. The molecule has 0 saturated carbocycles. The van der Waals surface area contributed by atoms with Crippen molar-refractivity contribution >= 4 is 0 Å². The van der Waals surface area contributed by atoms with Crippen LogP contribution in [0.3, 0.4) is 0 Å². The number of rotatable bonds is 2. The van der Waals surface area contributed by atoms with Gasteiger partial charge in [-0.05, 0) is 49.7 Å². The van der Waals surface area contributed by atoms with Gasteiger partial charge in [0.05, 0.1) is 11.4 Å². The summed E-state index contributed by atoms with van der Waals surface area (Å²) in [6, 6.07) is 8.83. The Morgan fingerprint density at radius 1 is 1.24 bits per heavy atom. The Morgan fingerprint density at radius 2 is 2.06 bits per heavy atom. The van der Waals surface area contributed by atoms with Crippen molar-refractivity contribution in [2.45, 2.75) is 18.9 Å². The second-order valence-electron chi connectivity index (χ2n) is 4.36. The summed E-state index contributed by atoms with van der Waals surface area (Å²) in [4.78, 5) is 0. The highest BCUT2D eigenvalue weighted by atomic mass is 19.1. The van der Waals surface area contributed by atoms with E-state index in [9.17, 15) is 4.39 Å². The lowest BCUT2D eigenvalue weighted by Gasteiger charge is -2.05. The van der Waals surface area contributed by atoms with Gasteiger partial charge in [-0.3, -0.25) is 5.10 Å². The van der Waals surface area contributed by atoms with Crippen LogP contribution >= 0.6 is 0 Å². The fourth-order valence-corrected chi connectivity index (χ4v) is 2.23. The van der Waals surface area contributed by atoms with Crippen LogP contribution in [0, 0.1) is 5.82 Å². The van der Waals surface area contributed by atoms with Crippen molar-refractivity contribution in [2.75, 3.05) is 6.54 Å². The molecule has 1 saturated heterocycles. The molecule has 0 spiro atoms. The number of hydrogen-bond donors (Lipinski definition) is 2. The van der Waals surface area contributed by atoms with Crippen molar-refractivity contribution in [3.8, 4) is 11.3 Å². The minimum absolute atomic E-state index is 0.220. The SMILES string of the molecule is Fc1ccc(-c2cc(C3CCCN3)[nH]n2)cc1. The molecule has 88 valence electrons. The number of H-pyrrole nitrogens is 1. The summed E-state index contributed by atoms with van der Waals surface area (Å²) in [5.74, 6) is -0.220. The Labute approximate surface area is 99.1 Å². The van der Waals surface area contributed by atoms with Crippen LogP contribution in [0.5, 0.6) is 0 Å². The van der Waals surface area contributed by atoms with Gasteiger partial charge in [0, 0.05) is 11.6 Å². The first-order valence-electron chi connectivity index (χ1n) is 5.87. The molecule has 3 rings (SSSR count). The Kier molecular flexibility index (Phi) is 2.65. The van der Waals surface area contributed by atoms with E-state index in [-0.39, 0.29) is 5.82 Å². The van der Waals surface area contributed by atoms with Gasteiger partial charge in [-0.25, -0.2) is 4.39 Å². The summed E-state index contributed by atoms with van der Waals surface area (Å²) in [7, 11) is 0. The number of nitrogens with zero attached hydrogens (tertiary/aromatic N) is 1. The van der Waals surface area contributed by atoms with E-state index in [4.69, 9.17) is 0 Å². The van der Waals surface area contributed by atoms with E-state index in [2.05, 4.69) is 15.5 Å². The lowest BCUT2D eigenvalue weighted by molar-refractivity contribution is 0.625. The molecule has 4 heteroatoms. The van der Waals surface area contributed by atoms with E-state index in [1.165, 1.54) is 18.6 Å². The summed E-state index contributed by atoms with van der Waals surface area (Å²) in [5, 5.41) is 10.7. The van der Waals surface area contributed by atoms with Gasteiger partial charge in [-0.2, -0.15) is 5.10 Å². The molecule has 0 aliphatic carbocycles. The molecule has 1 atom stereocenters. The van der Waals surface area contributed by atoms with E-state index in [1.54, 1.807) is 12.1 Å². The van der Waals surface area contributed by atoms with Crippen LogP contribution in [0.15, 0.2) is 30.3 Å². The second-order valence-corrected chi connectivity index (χ2v) is 4.36. The van der Waals surface area contributed by atoms with Crippen LogP contribution in [0.4, 0.5) is 4.39 Å². The quantitative estimate of drug-likeness (QED) is 0.834. The van der Waals surface area contributed by atoms with Crippen LogP contribution in [0.1, 0.15) is 24.6 Å². The molecule has 1 aliphatic rings. The molecule has 2 N–H and O–H groups in total. The van der Waals surface area contributed by atoms with Crippen molar-refractivity contribution in [1.82, 2.24) is 15.5 Å². The molecule has 2 aromatic rings. The van der Waals surface area contributed by atoms with Crippen molar-refractivity contribution in [1.29, 1.82) is 0 Å². The third-order valence-corrected chi connectivity index (χ3v) is 3.17. The first-order chi connectivity index (χ1) is 8.33. The number of hydrogen-bond acceptors (Lipinski definition) is 2. The van der Waals surface area contributed by atoms with Crippen LogP contribution < -0.4 is 5.32 Å². The molecule has 1 unspecified atom stereocenters. The molecule has 0 bridgehead atoms. The highest BCUT2D eigenvalue weighted by molar-refractivity contribution is 5.59. The summed E-state index contributed by atoms with van der Waals surface area (Å²) < 4.78 is 12.8. The maximum Gasteiger partial charge on any atom is 0.123 e. The largest absolute Gasteiger partial charge is 0.309 e. The summed E-state index contributed by atoms with van der Waals surface area (Å²) in [6.07, 6.45) is 2.35. The smallest absolute Gasteiger partial charge is 0.123 e. The average Bonchev–Trinajstić information content (AvgIpc) is 3.00. The third-order valence-electron chi connectivity index (χ3n) is 3.17. The summed E-state index contributed by atoms with van der Waals surface area (Å²) in [5.41, 5.74) is 2.92. The number of aromatic nitrogens is 2. The molecule has 2 heterocycles. The zero-order chi connectivity index (χ0) is 11.7. The average molecular weight is 231 g/mol. The minimum atomic E-state index is -0.220. The number of benzene rings is 1. The van der Waals surface area contributed by atoms with Gasteiger partial charge >= 0.3 is 0 Å². The molecule has 1 aliphatic heterocycles. The lowest BCUT2D eigenvalue weighted by atomic mass is 10.1. The molecule has 1 aromatic heterocycles. The van der Waals surface area contributed by atoms with Gasteiger partial charge < -0.3 is 5.32 Å². The van der Waals surface area contributed by atoms with Gasteiger partial charge in [-0.1, -0.05) is 0 Å². The molecule has 0 radical (unpaired) electrons. The van der Waals surface area contributed by atoms with Crippen molar-refractivity contribution in [3.05, 3.63) is 41.8 Å². The first kappa shape index (κ1) is 10.5. The normalized spacial score (nSPS) is 19.7. The van der Waals surface area contributed by atoms with E-state index < -0.39 is 0 Å². The van der Waals surface area contributed by atoms with Gasteiger partial charge in [-0.15, -0.1) is 0 Å². The molecule has 1 fully saturated rings. The van der Waals surface area contributed by atoms with Crippen LogP contribution in [0.25, 0.3) is 11.3 Å². The minimum Gasteiger partial charge on any atom is -0.309 e. The standard InChI is InChI=1S/C13H14FN3/c14-10-5-3-9(4-6-10)12-8-13(17-16-12)11-2-1-7-15-11/h3-6,8,11,15H,1-2,7H2,(H,16,17). The highest BCUT2D eigenvalue weighted by Crippen LogP contribution is 2.25. The van der Waals surface area contributed by atoms with Crippen molar-refractivity contribution in [2.24, 2.45) is 0 Å². The molecular formula is C13H14FN3. The molecule has 17 heavy (non-hydrogen) atoms. The van der Waals surface area contributed by atoms with E-state index in [1.807, 2.05) is 6.07 Å². The van der Waals surface area contributed by atoms with E-state index in [0.717, 1.165) is 29.9 Å². The lowest BCUT2D eigenvalue weighted by Crippen LogP contribution is -2.12. The van der Waals surface area contributed by atoms with Crippen LogP contribution in [-0.4, -0.2) is 16.7 Å². The summed E-state index contributed by atoms with van der Waals surface area (Å²) >= 11 is 0. The number of nitrogens with one attached hydrogen (secondary N) is 2. The van der Waals surface area contributed by atoms with Crippen molar-refractivity contribution in [3.63, 3.8) is 0 Å². The number of aromatic amines is 1. The molecule has 3 nitrogen and oxygen atoms in total.